The number of hydrogen-bond donors (Lipinski definition) is 0. The SMILES string of the molecule is CC(C)OC([C]=O)c1ccccc1Cl. The van der Waals surface area contributed by atoms with E-state index in [1.54, 1.807) is 12.1 Å². The van der Waals surface area contributed by atoms with Crippen LogP contribution in [0.2, 0.25) is 5.02 Å². The molecule has 1 rings (SSSR count). The Morgan fingerprint density at radius 2 is 2.00 bits per heavy atom. The van der Waals surface area contributed by atoms with Crippen molar-refractivity contribution < 1.29 is 9.53 Å². The van der Waals surface area contributed by atoms with Crippen molar-refractivity contribution in [2.75, 3.05) is 0 Å². The van der Waals surface area contributed by atoms with Crippen LogP contribution >= 0.6 is 11.6 Å². The number of halogens is 1. The zero-order valence-electron chi connectivity index (χ0n) is 8.16. The molecule has 0 fully saturated rings. The van der Waals surface area contributed by atoms with E-state index in [0.29, 0.717) is 10.6 Å². The Hall–Kier alpha value is -0.860. The lowest BCUT2D eigenvalue weighted by molar-refractivity contribution is 0.0446. The van der Waals surface area contributed by atoms with Gasteiger partial charge in [-0.25, -0.2) is 0 Å². The van der Waals surface area contributed by atoms with Crippen molar-refractivity contribution in [3.8, 4) is 0 Å². The number of benzene rings is 1. The summed E-state index contributed by atoms with van der Waals surface area (Å²) in [6.45, 7) is 3.72. The minimum Gasteiger partial charge on any atom is -0.362 e. The summed E-state index contributed by atoms with van der Waals surface area (Å²) in [6.07, 6.45) is 1.11. The molecule has 14 heavy (non-hydrogen) atoms. The molecule has 0 aliphatic rings. The largest absolute Gasteiger partial charge is 0.362 e. The van der Waals surface area contributed by atoms with Gasteiger partial charge in [0.2, 0.25) is 6.29 Å². The molecule has 0 heterocycles. The standard InChI is InChI=1S/C11H12ClO2/c1-8(2)14-11(7-13)9-5-3-4-6-10(9)12/h3-6,8,11H,1-2H3. The molecule has 0 aliphatic carbocycles. The van der Waals surface area contributed by atoms with E-state index in [-0.39, 0.29) is 6.10 Å². The predicted molar refractivity (Wildman–Crippen MR) is 56.1 cm³/mol. The first-order valence-corrected chi connectivity index (χ1v) is 4.80. The molecule has 1 aromatic carbocycles. The highest BCUT2D eigenvalue weighted by Gasteiger charge is 2.16. The first kappa shape index (κ1) is 11.2. The van der Waals surface area contributed by atoms with E-state index in [2.05, 4.69) is 0 Å². The summed E-state index contributed by atoms with van der Waals surface area (Å²) in [6, 6.07) is 7.11. The van der Waals surface area contributed by atoms with Crippen molar-refractivity contribution in [1.29, 1.82) is 0 Å². The smallest absolute Gasteiger partial charge is 0.234 e. The van der Waals surface area contributed by atoms with Gasteiger partial charge in [-0.15, -0.1) is 0 Å². The fourth-order valence-corrected chi connectivity index (χ4v) is 1.36. The van der Waals surface area contributed by atoms with Gasteiger partial charge in [0.1, 0.15) is 0 Å². The van der Waals surface area contributed by atoms with Gasteiger partial charge in [0, 0.05) is 10.6 Å². The van der Waals surface area contributed by atoms with E-state index < -0.39 is 6.10 Å². The highest BCUT2D eigenvalue weighted by molar-refractivity contribution is 6.31. The van der Waals surface area contributed by atoms with Crippen LogP contribution in [0.15, 0.2) is 24.3 Å². The van der Waals surface area contributed by atoms with Crippen molar-refractivity contribution in [2.45, 2.75) is 26.1 Å². The van der Waals surface area contributed by atoms with Gasteiger partial charge in [-0.3, -0.25) is 4.79 Å². The molecule has 0 aliphatic heterocycles. The van der Waals surface area contributed by atoms with Gasteiger partial charge < -0.3 is 4.74 Å². The molecule has 1 atom stereocenters. The monoisotopic (exact) mass is 211 g/mol. The van der Waals surface area contributed by atoms with Crippen molar-refractivity contribution in [2.24, 2.45) is 0 Å². The van der Waals surface area contributed by atoms with Crippen LogP contribution in [0, 0.1) is 0 Å². The molecule has 75 valence electrons. The number of carbonyl (C=O) groups excluding carboxylic acids is 1. The average Bonchev–Trinajstić information content (AvgIpc) is 2.15. The molecule has 0 N–H and O–H groups in total. The quantitative estimate of drug-likeness (QED) is 0.766. The zero-order chi connectivity index (χ0) is 10.6. The average molecular weight is 212 g/mol. The summed E-state index contributed by atoms with van der Waals surface area (Å²) >= 11 is 5.92. The minimum atomic E-state index is -0.691. The molecule has 0 spiro atoms. The summed E-state index contributed by atoms with van der Waals surface area (Å²) in [4.78, 5) is 10.7. The molecule has 0 saturated carbocycles. The highest BCUT2D eigenvalue weighted by Crippen LogP contribution is 2.24. The maximum absolute atomic E-state index is 10.7. The minimum absolute atomic E-state index is 0.0299. The second-order valence-corrected chi connectivity index (χ2v) is 3.61. The van der Waals surface area contributed by atoms with E-state index in [1.165, 1.54) is 0 Å². The van der Waals surface area contributed by atoms with Gasteiger partial charge >= 0.3 is 0 Å². The first-order chi connectivity index (χ1) is 6.65. The fraction of sp³-hybridized carbons (Fsp3) is 0.364. The van der Waals surface area contributed by atoms with E-state index >= 15 is 0 Å². The molecule has 0 amide bonds. The van der Waals surface area contributed by atoms with Gasteiger partial charge in [0.15, 0.2) is 6.10 Å². The van der Waals surface area contributed by atoms with Crippen molar-refractivity contribution >= 4 is 17.9 Å². The molecule has 1 radical (unpaired) electrons. The normalized spacial score (nSPS) is 12.9. The van der Waals surface area contributed by atoms with Gasteiger partial charge in [0.05, 0.1) is 6.10 Å². The molecule has 2 nitrogen and oxygen atoms in total. The molecular weight excluding hydrogens is 200 g/mol. The number of hydrogen-bond acceptors (Lipinski definition) is 2. The van der Waals surface area contributed by atoms with Crippen molar-refractivity contribution in [3.63, 3.8) is 0 Å². The van der Waals surface area contributed by atoms with Gasteiger partial charge in [-0.1, -0.05) is 29.8 Å². The lowest BCUT2D eigenvalue weighted by Crippen LogP contribution is -2.11. The van der Waals surface area contributed by atoms with Gasteiger partial charge in [-0.2, -0.15) is 0 Å². The van der Waals surface area contributed by atoms with Crippen LogP contribution in [-0.4, -0.2) is 12.4 Å². The second kappa shape index (κ2) is 5.13. The Kier molecular flexibility index (Phi) is 4.11. The van der Waals surface area contributed by atoms with Crippen LogP contribution in [0.1, 0.15) is 25.5 Å². The molecule has 0 aromatic heterocycles. The molecular formula is C11H12ClO2. The van der Waals surface area contributed by atoms with Crippen LogP contribution in [-0.2, 0) is 9.53 Å². The Labute approximate surface area is 88.8 Å². The number of ether oxygens (including phenoxy) is 1. The maximum Gasteiger partial charge on any atom is 0.234 e. The molecule has 0 bridgehead atoms. The Morgan fingerprint density at radius 1 is 1.36 bits per heavy atom. The summed E-state index contributed by atoms with van der Waals surface area (Å²) in [5, 5.41) is 0.529. The van der Waals surface area contributed by atoms with Crippen LogP contribution in [0.5, 0.6) is 0 Å². The summed E-state index contributed by atoms with van der Waals surface area (Å²) in [5.41, 5.74) is 0.665. The van der Waals surface area contributed by atoms with Crippen LogP contribution < -0.4 is 0 Å². The van der Waals surface area contributed by atoms with Gasteiger partial charge in [0.25, 0.3) is 0 Å². The first-order valence-electron chi connectivity index (χ1n) is 4.42. The lowest BCUT2D eigenvalue weighted by Gasteiger charge is -2.15. The Morgan fingerprint density at radius 3 is 2.50 bits per heavy atom. The van der Waals surface area contributed by atoms with E-state index in [0.717, 1.165) is 0 Å². The lowest BCUT2D eigenvalue weighted by atomic mass is 10.1. The van der Waals surface area contributed by atoms with Crippen LogP contribution in [0.3, 0.4) is 0 Å². The van der Waals surface area contributed by atoms with Crippen LogP contribution in [0.25, 0.3) is 0 Å². The second-order valence-electron chi connectivity index (χ2n) is 3.20. The highest BCUT2D eigenvalue weighted by atomic mass is 35.5. The third-order valence-electron chi connectivity index (χ3n) is 1.70. The Bertz CT molecular complexity index is 310. The third kappa shape index (κ3) is 2.82. The summed E-state index contributed by atoms with van der Waals surface area (Å²) < 4.78 is 5.36. The van der Waals surface area contributed by atoms with Crippen LogP contribution in [0.4, 0.5) is 0 Å². The maximum atomic E-state index is 10.7. The summed E-state index contributed by atoms with van der Waals surface area (Å²) in [5.74, 6) is 0. The topological polar surface area (TPSA) is 26.3 Å². The molecule has 1 unspecified atom stereocenters. The zero-order valence-corrected chi connectivity index (χ0v) is 8.91. The third-order valence-corrected chi connectivity index (χ3v) is 2.05. The van der Waals surface area contributed by atoms with E-state index in [1.807, 2.05) is 32.3 Å². The fourth-order valence-electron chi connectivity index (χ4n) is 1.12. The van der Waals surface area contributed by atoms with Gasteiger partial charge in [-0.05, 0) is 19.9 Å². The molecule has 0 saturated heterocycles. The number of rotatable bonds is 4. The van der Waals surface area contributed by atoms with Crippen molar-refractivity contribution in [1.82, 2.24) is 0 Å². The summed E-state index contributed by atoms with van der Waals surface area (Å²) in [7, 11) is 0. The van der Waals surface area contributed by atoms with E-state index in [9.17, 15) is 4.79 Å². The Balaban J connectivity index is 2.89. The predicted octanol–water partition coefficient (Wildman–Crippen LogP) is 2.92. The molecule has 3 heteroatoms. The molecule has 1 aromatic rings. The van der Waals surface area contributed by atoms with Crippen molar-refractivity contribution in [3.05, 3.63) is 34.9 Å². The van der Waals surface area contributed by atoms with E-state index in [4.69, 9.17) is 16.3 Å².